The molecule has 1 saturated heterocycles. The van der Waals surface area contributed by atoms with Crippen molar-refractivity contribution in [2.75, 3.05) is 26.2 Å². The minimum atomic E-state index is -0.394. The Morgan fingerprint density at radius 3 is 2.41 bits per heavy atom. The molecule has 0 N–H and O–H groups in total. The number of benzene rings is 2. The molecule has 2 aliphatic rings. The summed E-state index contributed by atoms with van der Waals surface area (Å²) in [6.45, 7) is 10.1. The number of carbonyl (C=O) groups excluding carboxylic acids is 1. The summed E-state index contributed by atoms with van der Waals surface area (Å²) in [6.07, 6.45) is 5.61. The molecule has 5 rings (SSSR count). The average Bonchev–Trinajstić information content (AvgIpc) is 3.31. The van der Waals surface area contributed by atoms with E-state index >= 15 is 0 Å². The van der Waals surface area contributed by atoms with Gasteiger partial charge in [0.05, 0.1) is 18.7 Å². The summed E-state index contributed by atoms with van der Waals surface area (Å²) in [4.78, 5) is 15.0. The number of hydrogen-bond donors (Lipinski definition) is 0. The molecule has 5 nitrogen and oxygen atoms in total. The molecule has 1 aliphatic heterocycles. The van der Waals surface area contributed by atoms with Crippen molar-refractivity contribution < 1.29 is 18.4 Å². The minimum Gasteiger partial charge on any atom is -0.490 e. The number of carbonyl (C=O) groups is 1. The largest absolute Gasteiger partial charge is 0.490 e. The number of nitrogens with zero attached hydrogens (tertiary/aromatic N) is 2. The average molecular weight is 529 g/mol. The summed E-state index contributed by atoms with van der Waals surface area (Å²) in [5.41, 5.74) is 3.46. The van der Waals surface area contributed by atoms with Crippen molar-refractivity contribution >= 4 is 5.78 Å². The number of Topliss-reactive ketones (excluding diaryl/α,β-unsaturated/α-hetero) is 1. The van der Waals surface area contributed by atoms with Crippen LogP contribution in [0, 0.1) is 23.1 Å². The highest BCUT2D eigenvalue weighted by Crippen LogP contribution is 2.47. The second-order valence-corrected chi connectivity index (χ2v) is 12.2. The molecule has 0 bridgehead atoms. The first kappa shape index (κ1) is 27.1. The van der Waals surface area contributed by atoms with Crippen LogP contribution in [-0.2, 0) is 23.1 Å². The Morgan fingerprint density at radius 1 is 1.05 bits per heavy atom. The minimum absolute atomic E-state index is 0.0722. The van der Waals surface area contributed by atoms with Crippen molar-refractivity contribution in [1.29, 1.82) is 0 Å². The molecule has 2 fully saturated rings. The van der Waals surface area contributed by atoms with Gasteiger partial charge in [0.2, 0.25) is 0 Å². The van der Waals surface area contributed by atoms with Crippen molar-refractivity contribution in [2.24, 2.45) is 5.41 Å². The van der Waals surface area contributed by atoms with E-state index in [9.17, 15) is 9.18 Å². The predicted molar refractivity (Wildman–Crippen MR) is 149 cm³/mol. The zero-order valence-corrected chi connectivity index (χ0v) is 23.2. The highest BCUT2D eigenvalue weighted by atomic mass is 19.1. The molecule has 1 aliphatic carbocycles. The van der Waals surface area contributed by atoms with Gasteiger partial charge in [0.25, 0.3) is 0 Å². The fourth-order valence-electron chi connectivity index (χ4n) is 5.31. The summed E-state index contributed by atoms with van der Waals surface area (Å²) in [6, 6.07) is 14.3. The van der Waals surface area contributed by atoms with Crippen LogP contribution in [0.5, 0.6) is 5.75 Å². The number of ketones is 1. The summed E-state index contributed by atoms with van der Waals surface area (Å²) in [5, 5.41) is 4.03. The van der Waals surface area contributed by atoms with Gasteiger partial charge in [-0.25, -0.2) is 4.39 Å². The molecular formula is C33H37FN2O3. The van der Waals surface area contributed by atoms with Gasteiger partial charge in [-0.15, -0.1) is 0 Å². The molecule has 0 amide bonds. The summed E-state index contributed by atoms with van der Waals surface area (Å²) >= 11 is 0. The van der Waals surface area contributed by atoms with Crippen molar-refractivity contribution in [3.63, 3.8) is 0 Å². The zero-order valence-electron chi connectivity index (χ0n) is 23.2. The lowest BCUT2D eigenvalue weighted by Crippen LogP contribution is -2.59. The SMILES string of the molecule is CC(C)(C)c1cc(CC(=O)Cc2ccc(C#Cc3ccc(OCCCN4CC5(CCC5)C4)c(F)c3)cc2)no1. The van der Waals surface area contributed by atoms with E-state index in [1.54, 1.807) is 12.1 Å². The van der Waals surface area contributed by atoms with Gasteiger partial charge >= 0.3 is 0 Å². The number of ether oxygens (including phenoxy) is 1. The van der Waals surface area contributed by atoms with Crippen LogP contribution in [0.3, 0.4) is 0 Å². The normalized spacial score (nSPS) is 16.2. The predicted octanol–water partition coefficient (Wildman–Crippen LogP) is 6.12. The van der Waals surface area contributed by atoms with Crippen molar-refractivity contribution in [1.82, 2.24) is 10.1 Å². The zero-order chi connectivity index (χ0) is 27.5. The number of rotatable bonds is 9. The van der Waals surface area contributed by atoms with Crippen LogP contribution in [0.1, 0.15) is 74.6 Å². The lowest BCUT2D eigenvalue weighted by molar-refractivity contribution is -0.117. The Morgan fingerprint density at radius 2 is 1.77 bits per heavy atom. The second kappa shape index (κ2) is 11.4. The lowest BCUT2D eigenvalue weighted by Gasteiger charge is -2.56. The van der Waals surface area contributed by atoms with Crippen molar-refractivity contribution in [3.8, 4) is 17.6 Å². The van der Waals surface area contributed by atoms with Gasteiger partial charge in [-0.05, 0) is 60.6 Å². The number of hydrogen-bond acceptors (Lipinski definition) is 5. The Bertz CT molecular complexity index is 1360. The molecule has 1 spiro atoms. The van der Waals surface area contributed by atoms with Crippen molar-refractivity contribution in [2.45, 2.75) is 64.7 Å². The van der Waals surface area contributed by atoms with Crippen LogP contribution in [0.2, 0.25) is 0 Å². The van der Waals surface area contributed by atoms with Crippen LogP contribution >= 0.6 is 0 Å². The number of aromatic nitrogens is 1. The van der Waals surface area contributed by atoms with Gasteiger partial charge < -0.3 is 14.2 Å². The van der Waals surface area contributed by atoms with Gasteiger partial charge in [0, 0.05) is 48.7 Å². The fraction of sp³-hybridized carbons (Fsp3) is 0.455. The van der Waals surface area contributed by atoms with E-state index in [4.69, 9.17) is 9.26 Å². The Hall–Kier alpha value is -3.43. The highest BCUT2D eigenvalue weighted by molar-refractivity contribution is 5.82. The van der Waals surface area contributed by atoms with Gasteiger partial charge in [0.1, 0.15) is 11.5 Å². The Labute approximate surface area is 230 Å². The molecule has 3 aromatic rings. The summed E-state index contributed by atoms with van der Waals surface area (Å²) < 4.78 is 25.6. The highest BCUT2D eigenvalue weighted by Gasteiger charge is 2.46. The number of halogens is 1. The van der Waals surface area contributed by atoms with E-state index in [2.05, 4.69) is 21.9 Å². The topological polar surface area (TPSA) is 55.6 Å². The van der Waals surface area contributed by atoms with Crippen LogP contribution in [0.25, 0.3) is 0 Å². The quantitative estimate of drug-likeness (QED) is 0.247. The molecular weight excluding hydrogens is 491 g/mol. The fourth-order valence-corrected chi connectivity index (χ4v) is 5.31. The molecule has 204 valence electrons. The molecule has 0 atom stereocenters. The van der Waals surface area contributed by atoms with Gasteiger partial charge in [0.15, 0.2) is 11.6 Å². The first-order chi connectivity index (χ1) is 18.7. The third-order valence-electron chi connectivity index (χ3n) is 7.72. The first-order valence-corrected chi connectivity index (χ1v) is 13.9. The lowest BCUT2D eigenvalue weighted by atomic mass is 9.63. The van der Waals surface area contributed by atoms with Gasteiger partial charge in [-0.3, -0.25) is 4.79 Å². The monoisotopic (exact) mass is 528 g/mol. The molecule has 0 unspecified atom stereocenters. The van der Waals surface area contributed by atoms with E-state index in [1.807, 2.05) is 51.1 Å². The first-order valence-electron chi connectivity index (χ1n) is 13.9. The molecule has 2 aromatic carbocycles. The molecule has 39 heavy (non-hydrogen) atoms. The van der Waals surface area contributed by atoms with Crippen molar-refractivity contribution in [3.05, 3.63) is 82.5 Å². The standard InChI is InChI=1S/C33H37FN2O3/c1-32(2,3)31-21-27(35-39-31)20-28(37)18-25-9-6-24(7-10-25)8-11-26-12-13-30(29(34)19-26)38-17-5-16-36-22-33(23-36)14-4-15-33/h6-7,9-10,12-13,19,21H,4-5,14-18,20,22-23H2,1-3H3. The van der Waals surface area contributed by atoms with Crippen LogP contribution in [-0.4, -0.2) is 42.1 Å². The molecule has 1 aromatic heterocycles. The van der Waals surface area contributed by atoms with Crippen LogP contribution < -0.4 is 4.74 Å². The summed E-state index contributed by atoms with van der Waals surface area (Å²) in [5.74, 6) is 6.81. The van der Waals surface area contributed by atoms with Gasteiger partial charge in [-0.1, -0.05) is 56.3 Å². The molecule has 1 saturated carbocycles. The summed E-state index contributed by atoms with van der Waals surface area (Å²) in [7, 11) is 0. The maximum absolute atomic E-state index is 14.5. The van der Waals surface area contributed by atoms with Crippen LogP contribution in [0.4, 0.5) is 4.39 Å². The van der Waals surface area contributed by atoms with E-state index in [1.165, 1.54) is 38.4 Å². The number of likely N-dealkylation sites (tertiary alicyclic amines) is 1. The Balaban J connectivity index is 1.06. The third-order valence-corrected chi connectivity index (χ3v) is 7.72. The molecule has 6 heteroatoms. The maximum Gasteiger partial charge on any atom is 0.166 e. The van der Waals surface area contributed by atoms with E-state index in [0.717, 1.165) is 29.9 Å². The smallest absolute Gasteiger partial charge is 0.166 e. The second-order valence-electron chi connectivity index (χ2n) is 12.2. The Kier molecular flexibility index (Phi) is 7.91. The van der Waals surface area contributed by atoms with Gasteiger partial charge in [-0.2, -0.15) is 0 Å². The van der Waals surface area contributed by atoms with E-state index < -0.39 is 5.82 Å². The molecule has 0 radical (unpaired) electrons. The van der Waals surface area contributed by atoms with E-state index in [0.29, 0.717) is 29.7 Å². The third kappa shape index (κ3) is 6.96. The maximum atomic E-state index is 14.5. The molecule has 2 heterocycles. The van der Waals surface area contributed by atoms with Crippen LogP contribution in [0.15, 0.2) is 53.1 Å². The van der Waals surface area contributed by atoms with E-state index in [-0.39, 0.29) is 23.4 Å².